The average molecular weight is 463 g/mol. The number of nitrogens with one attached hydrogen (secondary N) is 1. The van der Waals surface area contributed by atoms with Crippen LogP contribution in [0.3, 0.4) is 0 Å². The van der Waals surface area contributed by atoms with E-state index in [0.29, 0.717) is 19.0 Å². The number of piperidine rings is 1. The summed E-state index contributed by atoms with van der Waals surface area (Å²) >= 11 is 6.28. The third-order valence-electron chi connectivity index (χ3n) is 6.26. The minimum atomic E-state index is -3.66. The van der Waals surface area contributed by atoms with E-state index in [1.165, 1.54) is 28.1 Å². The van der Waals surface area contributed by atoms with Crippen LogP contribution in [0.5, 0.6) is 0 Å². The fourth-order valence-corrected chi connectivity index (χ4v) is 5.71. The SMILES string of the molecule is Cc1cc(C)c([C@H](C)NC(=O)c2cc(S(=O)(=O)N3CCC(C)CC3)ccc2Cl)cc1C. The predicted octanol–water partition coefficient (Wildman–Crippen LogP) is 5.18. The Morgan fingerprint density at radius 2 is 1.68 bits per heavy atom. The molecular formula is C24H31ClN2O3S. The van der Waals surface area contributed by atoms with Gasteiger partial charge in [-0.05, 0) is 86.9 Å². The van der Waals surface area contributed by atoms with Crippen LogP contribution in [0.1, 0.15) is 65.3 Å². The summed E-state index contributed by atoms with van der Waals surface area (Å²) in [6, 6.07) is 8.30. The van der Waals surface area contributed by atoms with E-state index < -0.39 is 10.0 Å². The van der Waals surface area contributed by atoms with Gasteiger partial charge in [0.15, 0.2) is 0 Å². The first-order chi connectivity index (χ1) is 14.5. The highest BCUT2D eigenvalue weighted by Crippen LogP contribution is 2.28. The molecule has 1 amide bonds. The van der Waals surface area contributed by atoms with Gasteiger partial charge in [0, 0.05) is 13.1 Å². The summed E-state index contributed by atoms with van der Waals surface area (Å²) in [4.78, 5) is 13.1. The molecule has 0 saturated carbocycles. The second-order valence-corrected chi connectivity index (χ2v) is 11.1. The maximum Gasteiger partial charge on any atom is 0.253 e. The van der Waals surface area contributed by atoms with Gasteiger partial charge in [-0.3, -0.25) is 4.79 Å². The number of aryl methyl sites for hydroxylation is 3. The Morgan fingerprint density at radius 1 is 1.06 bits per heavy atom. The Kier molecular flexibility index (Phi) is 7.14. The molecule has 0 unspecified atom stereocenters. The van der Waals surface area contributed by atoms with Gasteiger partial charge in [-0.2, -0.15) is 4.31 Å². The molecule has 5 nitrogen and oxygen atoms in total. The summed E-state index contributed by atoms with van der Waals surface area (Å²) in [5.74, 6) is 0.132. The summed E-state index contributed by atoms with van der Waals surface area (Å²) < 4.78 is 27.7. The number of sulfonamides is 1. The van der Waals surface area contributed by atoms with E-state index in [1.54, 1.807) is 0 Å². The largest absolute Gasteiger partial charge is 0.345 e. The van der Waals surface area contributed by atoms with Crippen molar-refractivity contribution in [3.05, 3.63) is 63.2 Å². The van der Waals surface area contributed by atoms with Gasteiger partial charge in [-0.15, -0.1) is 0 Å². The van der Waals surface area contributed by atoms with Crippen LogP contribution in [0.25, 0.3) is 0 Å². The van der Waals surface area contributed by atoms with Gasteiger partial charge < -0.3 is 5.32 Å². The molecule has 0 bridgehead atoms. The van der Waals surface area contributed by atoms with Crippen molar-refractivity contribution in [2.45, 2.75) is 58.4 Å². The van der Waals surface area contributed by atoms with E-state index in [2.05, 4.69) is 31.3 Å². The van der Waals surface area contributed by atoms with Gasteiger partial charge >= 0.3 is 0 Å². The number of nitrogens with zero attached hydrogens (tertiary/aromatic N) is 1. The van der Waals surface area contributed by atoms with Crippen molar-refractivity contribution in [1.82, 2.24) is 9.62 Å². The van der Waals surface area contributed by atoms with Gasteiger partial charge in [0.05, 0.1) is 21.5 Å². The fraction of sp³-hybridized carbons (Fsp3) is 0.458. The number of halogens is 1. The maximum atomic E-state index is 13.1. The van der Waals surface area contributed by atoms with Crippen molar-refractivity contribution in [1.29, 1.82) is 0 Å². The molecule has 1 fully saturated rings. The first-order valence-corrected chi connectivity index (χ1v) is 12.5. The van der Waals surface area contributed by atoms with Crippen LogP contribution >= 0.6 is 11.6 Å². The molecule has 2 aromatic rings. The van der Waals surface area contributed by atoms with Gasteiger partial charge in [0.2, 0.25) is 10.0 Å². The minimum absolute atomic E-state index is 0.103. The van der Waals surface area contributed by atoms with Crippen molar-refractivity contribution < 1.29 is 13.2 Å². The zero-order valence-electron chi connectivity index (χ0n) is 18.8. The molecule has 1 heterocycles. The Morgan fingerprint density at radius 3 is 2.32 bits per heavy atom. The monoisotopic (exact) mass is 462 g/mol. The summed E-state index contributed by atoms with van der Waals surface area (Å²) in [6.45, 7) is 11.2. The van der Waals surface area contributed by atoms with E-state index in [0.717, 1.165) is 29.5 Å². The number of benzene rings is 2. The summed E-state index contributed by atoms with van der Waals surface area (Å²) in [6.07, 6.45) is 1.68. The number of rotatable bonds is 5. The first kappa shape index (κ1) is 23.8. The lowest BCUT2D eigenvalue weighted by Gasteiger charge is -2.29. The molecular weight excluding hydrogens is 432 g/mol. The molecule has 31 heavy (non-hydrogen) atoms. The zero-order valence-corrected chi connectivity index (χ0v) is 20.4. The molecule has 0 aromatic heterocycles. The Labute approximate surface area is 190 Å². The molecule has 0 radical (unpaired) electrons. The lowest BCUT2D eigenvalue weighted by molar-refractivity contribution is 0.0939. The molecule has 1 aliphatic heterocycles. The molecule has 1 atom stereocenters. The minimum Gasteiger partial charge on any atom is -0.345 e. The topological polar surface area (TPSA) is 66.5 Å². The summed E-state index contributed by atoms with van der Waals surface area (Å²) in [7, 11) is -3.66. The molecule has 1 N–H and O–H groups in total. The molecule has 0 aliphatic carbocycles. The number of carbonyl (C=O) groups is 1. The molecule has 2 aromatic carbocycles. The lowest BCUT2D eigenvalue weighted by atomic mass is 9.96. The van der Waals surface area contributed by atoms with Gasteiger partial charge in [-0.25, -0.2) is 8.42 Å². The standard InChI is InChI=1S/C24H31ClN2O3S/c1-15-8-10-27(11-9-15)31(29,30)20-6-7-23(25)22(14-20)24(28)26-19(5)21-13-17(3)16(2)12-18(21)4/h6-7,12-15,19H,8-11H2,1-5H3,(H,26,28)/t19-/m0/s1. The highest BCUT2D eigenvalue weighted by Gasteiger charge is 2.29. The van der Waals surface area contributed by atoms with E-state index in [9.17, 15) is 13.2 Å². The molecule has 3 rings (SSSR count). The van der Waals surface area contributed by atoms with Gasteiger partial charge in [-0.1, -0.05) is 30.7 Å². The molecule has 1 aliphatic rings. The van der Waals surface area contributed by atoms with Crippen LogP contribution in [0, 0.1) is 26.7 Å². The van der Waals surface area contributed by atoms with Crippen LogP contribution in [0.4, 0.5) is 0 Å². The molecule has 168 valence electrons. The fourth-order valence-electron chi connectivity index (χ4n) is 4.01. The lowest BCUT2D eigenvalue weighted by Crippen LogP contribution is -2.38. The van der Waals surface area contributed by atoms with Crippen LogP contribution < -0.4 is 5.32 Å². The van der Waals surface area contributed by atoms with Gasteiger partial charge in [0.25, 0.3) is 5.91 Å². The van der Waals surface area contributed by atoms with Gasteiger partial charge in [0.1, 0.15) is 0 Å². The number of hydrogen-bond acceptors (Lipinski definition) is 3. The Hall–Kier alpha value is -1.89. The Bertz CT molecular complexity index is 1090. The predicted molar refractivity (Wildman–Crippen MR) is 125 cm³/mol. The highest BCUT2D eigenvalue weighted by molar-refractivity contribution is 7.89. The smallest absolute Gasteiger partial charge is 0.253 e. The first-order valence-electron chi connectivity index (χ1n) is 10.7. The quantitative estimate of drug-likeness (QED) is 0.665. The van der Waals surface area contributed by atoms with Crippen molar-refractivity contribution in [2.75, 3.05) is 13.1 Å². The van der Waals surface area contributed by atoms with Crippen molar-refractivity contribution >= 4 is 27.5 Å². The van der Waals surface area contributed by atoms with Crippen molar-refractivity contribution in [3.63, 3.8) is 0 Å². The van der Waals surface area contributed by atoms with Crippen molar-refractivity contribution in [2.24, 2.45) is 5.92 Å². The molecule has 7 heteroatoms. The normalized spacial score (nSPS) is 16.8. The average Bonchev–Trinajstić information content (AvgIpc) is 2.71. The van der Waals surface area contributed by atoms with E-state index in [-0.39, 0.29) is 27.4 Å². The van der Waals surface area contributed by atoms with Crippen LogP contribution in [-0.4, -0.2) is 31.7 Å². The van der Waals surface area contributed by atoms with E-state index in [1.807, 2.05) is 20.8 Å². The zero-order chi connectivity index (χ0) is 22.9. The summed E-state index contributed by atoms with van der Waals surface area (Å²) in [5, 5.41) is 3.20. The number of amides is 1. The van der Waals surface area contributed by atoms with Crippen LogP contribution in [-0.2, 0) is 10.0 Å². The highest BCUT2D eigenvalue weighted by atomic mass is 35.5. The van der Waals surface area contributed by atoms with Crippen LogP contribution in [0.2, 0.25) is 5.02 Å². The van der Waals surface area contributed by atoms with E-state index >= 15 is 0 Å². The van der Waals surface area contributed by atoms with Crippen LogP contribution in [0.15, 0.2) is 35.2 Å². The molecule has 0 spiro atoms. The Balaban J connectivity index is 1.84. The molecule has 1 saturated heterocycles. The third kappa shape index (κ3) is 5.13. The summed E-state index contributed by atoms with van der Waals surface area (Å²) in [5.41, 5.74) is 4.65. The second-order valence-electron chi connectivity index (χ2n) is 8.72. The van der Waals surface area contributed by atoms with Crippen molar-refractivity contribution in [3.8, 4) is 0 Å². The number of hydrogen-bond donors (Lipinski definition) is 1. The maximum absolute atomic E-state index is 13.1. The number of carbonyl (C=O) groups excluding carboxylic acids is 1. The third-order valence-corrected chi connectivity index (χ3v) is 8.48. The van der Waals surface area contributed by atoms with E-state index in [4.69, 9.17) is 11.6 Å². The second kappa shape index (κ2) is 9.31.